The van der Waals surface area contributed by atoms with E-state index in [1.54, 1.807) is 19.1 Å². The van der Waals surface area contributed by atoms with E-state index in [0.29, 0.717) is 13.0 Å². The Morgan fingerprint density at radius 1 is 1.44 bits per heavy atom. The molecule has 1 amide bonds. The van der Waals surface area contributed by atoms with Crippen molar-refractivity contribution in [3.8, 4) is 5.75 Å². The van der Waals surface area contributed by atoms with E-state index in [1.165, 1.54) is 6.07 Å². The molecule has 2 atom stereocenters. The van der Waals surface area contributed by atoms with E-state index >= 15 is 0 Å². The largest absolute Gasteiger partial charge is 0.507 e. The van der Waals surface area contributed by atoms with Crippen molar-refractivity contribution in [2.45, 2.75) is 26.4 Å². The molecule has 0 spiro atoms. The average molecular weight is 316 g/mol. The van der Waals surface area contributed by atoms with Gasteiger partial charge in [-0.15, -0.1) is 0 Å². The molecule has 1 aromatic carbocycles. The van der Waals surface area contributed by atoms with Gasteiger partial charge in [-0.2, -0.15) is 0 Å². The highest BCUT2D eigenvalue weighted by Crippen LogP contribution is 2.22. The lowest BCUT2D eigenvalue weighted by Crippen LogP contribution is -2.29. The van der Waals surface area contributed by atoms with Gasteiger partial charge >= 0.3 is 0 Å². The van der Waals surface area contributed by atoms with Crippen LogP contribution in [-0.2, 0) is 0 Å². The second kappa shape index (κ2) is 6.75. The monoisotopic (exact) mass is 315 g/mol. The first-order valence-corrected chi connectivity index (χ1v) is 6.64. The minimum Gasteiger partial charge on any atom is -0.507 e. The zero-order chi connectivity index (χ0) is 13.7. The van der Waals surface area contributed by atoms with Gasteiger partial charge < -0.3 is 15.5 Å². The van der Waals surface area contributed by atoms with Crippen LogP contribution in [-0.4, -0.2) is 28.8 Å². The van der Waals surface area contributed by atoms with Gasteiger partial charge in [-0.25, -0.2) is 0 Å². The number of amides is 1. The summed E-state index contributed by atoms with van der Waals surface area (Å²) >= 11 is 3.22. The van der Waals surface area contributed by atoms with Gasteiger partial charge in [0.05, 0.1) is 11.7 Å². The number of phenolic OH excluding ortho intramolecular Hbond substituents is 1. The van der Waals surface area contributed by atoms with E-state index in [9.17, 15) is 15.0 Å². The first-order valence-electron chi connectivity index (χ1n) is 5.85. The van der Waals surface area contributed by atoms with E-state index in [1.807, 2.05) is 6.92 Å². The van der Waals surface area contributed by atoms with Crippen LogP contribution in [0.4, 0.5) is 0 Å². The number of aliphatic hydroxyl groups is 1. The summed E-state index contributed by atoms with van der Waals surface area (Å²) in [5, 5.41) is 21.6. The molecule has 0 heterocycles. The van der Waals surface area contributed by atoms with Crippen LogP contribution >= 0.6 is 15.9 Å². The molecule has 0 bridgehead atoms. The second-order valence-corrected chi connectivity index (χ2v) is 5.48. The number of carbonyl (C=O) groups excluding carboxylic acids is 1. The molecule has 3 N–H and O–H groups in total. The Balaban J connectivity index is 2.55. The van der Waals surface area contributed by atoms with Crippen LogP contribution in [0.25, 0.3) is 0 Å². The van der Waals surface area contributed by atoms with Gasteiger partial charge in [0.25, 0.3) is 5.91 Å². The molecule has 0 radical (unpaired) electrons. The predicted octanol–water partition coefficient (Wildman–Crippen LogP) is 2.29. The zero-order valence-corrected chi connectivity index (χ0v) is 12.1. The van der Waals surface area contributed by atoms with E-state index in [2.05, 4.69) is 21.2 Å². The predicted molar refractivity (Wildman–Crippen MR) is 73.6 cm³/mol. The zero-order valence-electron chi connectivity index (χ0n) is 10.5. The fraction of sp³-hybridized carbons (Fsp3) is 0.462. The van der Waals surface area contributed by atoms with E-state index in [-0.39, 0.29) is 29.2 Å². The molecule has 0 aliphatic rings. The molecule has 4 nitrogen and oxygen atoms in total. The summed E-state index contributed by atoms with van der Waals surface area (Å²) in [5.41, 5.74) is 0.252. The van der Waals surface area contributed by atoms with Crippen LogP contribution in [0.5, 0.6) is 5.75 Å². The lowest BCUT2D eigenvalue weighted by Gasteiger charge is -2.14. The number of phenols is 1. The highest BCUT2D eigenvalue weighted by atomic mass is 79.9. The van der Waals surface area contributed by atoms with Gasteiger partial charge in [-0.05, 0) is 37.5 Å². The maximum Gasteiger partial charge on any atom is 0.255 e. The van der Waals surface area contributed by atoms with Crippen molar-refractivity contribution in [2.75, 3.05) is 6.54 Å². The van der Waals surface area contributed by atoms with Gasteiger partial charge in [0.1, 0.15) is 5.75 Å². The normalized spacial score (nSPS) is 14.0. The number of nitrogens with one attached hydrogen (secondary N) is 1. The van der Waals surface area contributed by atoms with E-state index in [4.69, 9.17) is 0 Å². The first-order chi connectivity index (χ1) is 8.40. The summed E-state index contributed by atoms with van der Waals surface area (Å²) in [4.78, 5) is 11.8. The topological polar surface area (TPSA) is 69.6 Å². The van der Waals surface area contributed by atoms with Crippen LogP contribution < -0.4 is 5.32 Å². The van der Waals surface area contributed by atoms with E-state index < -0.39 is 0 Å². The van der Waals surface area contributed by atoms with Crippen LogP contribution in [0.1, 0.15) is 30.6 Å². The Kier molecular flexibility index (Phi) is 5.62. The number of carbonyl (C=O) groups is 1. The molecule has 0 aliphatic heterocycles. The Morgan fingerprint density at radius 2 is 2.11 bits per heavy atom. The van der Waals surface area contributed by atoms with Crippen LogP contribution in [0.15, 0.2) is 22.7 Å². The van der Waals surface area contributed by atoms with Crippen molar-refractivity contribution >= 4 is 21.8 Å². The summed E-state index contributed by atoms with van der Waals surface area (Å²) in [7, 11) is 0. The van der Waals surface area contributed by atoms with Gasteiger partial charge in [0.2, 0.25) is 0 Å². The molecule has 18 heavy (non-hydrogen) atoms. The number of hydrogen-bond donors (Lipinski definition) is 3. The third-order valence-electron chi connectivity index (χ3n) is 2.56. The lowest BCUT2D eigenvalue weighted by atomic mass is 10.0. The SMILES string of the molecule is C[C@H](CNC(=O)c1ccc(Br)cc1O)C[C@H](C)O. The van der Waals surface area contributed by atoms with Crippen molar-refractivity contribution < 1.29 is 15.0 Å². The highest BCUT2D eigenvalue weighted by Gasteiger charge is 2.13. The third-order valence-corrected chi connectivity index (χ3v) is 3.05. The molecule has 1 rings (SSSR count). The highest BCUT2D eigenvalue weighted by molar-refractivity contribution is 9.10. The van der Waals surface area contributed by atoms with Crippen molar-refractivity contribution in [2.24, 2.45) is 5.92 Å². The smallest absolute Gasteiger partial charge is 0.255 e. The first kappa shape index (κ1) is 15.0. The number of benzene rings is 1. The standard InChI is InChI=1S/C13H18BrNO3/c1-8(5-9(2)16)7-15-13(18)11-4-3-10(14)6-12(11)17/h3-4,6,8-9,16-17H,5,7H2,1-2H3,(H,15,18)/t8-,9-/m0/s1. The third kappa shape index (κ3) is 4.66. The summed E-state index contributed by atoms with van der Waals surface area (Å²) in [5.74, 6) is -0.172. The second-order valence-electron chi connectivity index (χ2n) is 4.56. The van der Waals surface area contributed by atoms with Gasteiger partial charge in [-0.1, -0.05) is 22.9 Å². The number of hydrogen-bond acceptors (Lipinski definition) is 3. The Hall–Kier alpha value is -1.07. The quantitative estimate of drug-likeness (QED) is 0.781. The molecule has 5 heteroatoms. The van der Waals surface area contributed by atoms with Crippen LogP contribution in [0.2, 0.25) is 0 Å². The summed E-state index contributed by atoms with van der Waals surface area (Å²) in [6.07, 6.45) is 0.255. The minimum atomic E-state index is -0.377. The number of aromatic hydroxyl groups is 1. The van der Waals surface area contributed by atoms with Crippen molar-refractivity contribution in [3.63, 3.8) is 0 Å². The molecule has 1 aromatic rings. The fourth-order valence-corrected chi connectivity index (χ4v) is 2.07. The Morgan fingerprint density at radius 3 is 2.67 bits per heavy atom. The van der Waals surface area contributed by atoms with Crippen LogP contribution in [0, 0.1) is 5.92 Å². The summed E-state index contributed by atoms with van der Waals surface area (Å²) in [6, 6.07) is 4.75. The van der Waals surface area contributed by atoms with E-state index in [0.717, 1.165) is 4.47 Å². The molecule has 0 fully saturated rings. The van der Waals surface area contributed by atoms with Crippen molar-refractivity contribution in [3.05, 3.63) is 28.2 Å². The summed E-state index contributed by atoms with van der Waals surface area (Å²) < 4.78 is 0.721. The molecule has 0 aliphatic carbocycles. The molecular weight excluding hydrogens is 298 g/mol. The molecule has 0 unspecified atom stereocenters. The number of aliphatic hydroxyl groups excluding tert-OH is 1. The number of rotatable bonds is 5. The van der Waals surface area contributed by atoms with Gasteiger partial charge in [0.15, 0.2) is 0 Å². The van der Waals surface area contributed by atoms with Crippen LogP contribution in [0.3, 0.4) is 0 Å². The molecule has 0 saturated carbocycles. The maximum atomic E-state index is 11.8. The fourth-order valence-electron chi connectivity index (χ4n) is 1.72. The maximum absolute atomic E-state index is 11.8. The molecule has 100 valence electrons. The molecule has 0 aromatic heterocycles. The average Bonchev–Trinajstić information content (AvgIpc) is 2.25. The Labute approximate surface area is 115 Å². The molecular formula is C13H18BrNO3. The Bertz CT molecular complexity index is 421. The number of halogens is 1. The van der Waals surface area contributed by atoms with Gasteiger partial charge in [-0.3, -0.25) is 4.79 Å². The summed E-state index contributed by atoms with van der Waals surface area (Å²) in [6.45, 7) is 4.15. The van der Waals surface area contributed by atoms with Crippen molar-refractivity contribution in [1.29, 1.82) is 0 Å². The molecule has 0 saturated heterocycles. The van der Waals surface area contributed by atoms with Crippen molar-refractivity contribution in [1.82, 2.24) is 5.32 Å². The van der Waals surface area contributed by atoms with Gasteiger partial charge in [0, 0.05) is 11.0 Å². The lowest BCUT2D eigenvalue weighted by molar-refractivity contribution is 0.0936. The minimum absolute atomic E-state index is 0.0509.